The van der Waals surface area contributed by atoms with E-state index in [1.54, 1.807) is 0 Å². The maximum Gasteiger partial charge on any atom is 0.342 e. The first-order chi connectivity index (χ1) is 12.6. The molecule has 0 atom stereocenters. The minimum atomic E-state index is -0.646. The lowest BCUT2D eigenvalue weighted by molar-refractivity contribution is 0.0470. The maximum atomic E-state index is 13.8. The van der Waals surface area contributed by atoms with Gasteiger partial charge in [-0.3, -0.25) is 4.68 Å². The fourth-order valence-electron chi connectivity index (χ4n) is 2.59. The third kappa shape index (κ3) is 3.76. The van der Waals surface area contributed by atoms with Gasteiger partial charge in [-0.25, -0.2) is 9.18 Å². The van der Waals surface area contributed by atoms with Crippen molar-refractivity contribution < 1.29 is 19.0 Å². The van der Waals surface area contributed by atoms with Crippen molar-refractivity contribution in [3.63, 3.8) is 0 Å². The summed E-state index contributed by atoms with van der Waals surface area (Å²) < 4.78 is 20.6. The molecule has 1 N–H and O–H groups in total. The highest BCUT2D eigenvalue weighted by atomic mass is 35.5. The molecule has 1 aromatic heterocycles. The molecular formula is C19H16ClFN2O3. The Labute approximate surface area is 154 Å². The lowest BCUT2D eigenvalue weighted by Crippen LogP contribution is -2.10. The number of hydrogen-bond acceptors (Lipinski definition) is 4. The van der Waals surface area contributed by atoms with E-state index in [2.05, 4.69) is 5.10 Å². The van der Waals surface area contributed by atoms with E-state index in [0.717, 1.165) is 5.56 Å². The molecule has 1 heterocycles. The lowest BCUT2D eigenvalue weighted by Gasteiger charge is -2.10. The van der Waals surface area contributed by atoms with Gasteiger partial charge in [-0.1, -0.05) is 48.0 Å². The highest BCUT2D eigenvalue weighted by molar-refractivity contribution is 6.31. The Morgan fingerprint density at radius 1 is 1.19 bits per heavy atom. The first-order valence-electron chi connectivity index (χ1n) is 7.94. The Hall–Kier alpha value is -2.70. The minimum absolute atomic E-state index is 0.117. The standard InChI is InChI=1S/C19H16ClFN2O3/c20-16-7-4-8-17(21)15(16)12-26-19(25)14-11-22-23(9-10-24)18(14)13-5-2-1-3-6-13/h1-8,11,24H,9-10,12H2. The van der Waals surface area contributed by atoms with Crippen LogP contribution < -0.4 is 0 Å². The zero-order valence-electron chi connectivity index (χ0n) is 13.7. The molecule has 2 aromatic carbocycles. The molecule has 0 saturated carbocycles. The number of hydrogen-bond donors (Lipinski definition) is 1. The van der Waals surface area contributed by atoms with Crippen LogP contribution in [-0.4, -0.2) is 27.5 Å². The molecule has 7 heteroatoms. The van der Waals surface area contributed by atoms with Crippen LogP contribution in [0.15, 0.2) is 54.7 Å². The first-order valence-corrected chi connectivity index (χ1v) is 8.31. The van der Waals surface area contributed by atoms with Crippen molar-refractivity contribution in [1.82, 2.24) is 9.78 Å². The van der Waals surface area contributed by atoms with Crippen molar-refractivity contribution in [3.8, 4) is 11.3 Å². The monoisotopic (exact) mass is 374 g/mol. The second-order valence-electron chi connectivity index (χ2n) is 5.50. The molecule has 0 fully saturated rings. The van der Waals surface area contributed by atoms with E-state index in [1.807, 2.05) is 30.3 Å². The molecule has 0 spiro atoms. The molecule has 0 aliphatic rings. The van der Waals surface area contributed by atoms with Crippen LogP contribution in [0.2, 0.25) is 5.02 Å². The van der Waals surface area contributed by atoms with Crippen molar-refractivity contribution in [2.75, 3.05) is 6.61 Å². The van der Waals surface area contributed by atoms with Crippen molar-refractivity contribution in [2.24, 2.45) is 0 Å². The molecule has 0 saturated heterocycles. The number of carbonyl (C=O) groups is 1. The predicted octanol–water partition coefficient (Wildman–Crippen LogP) is 3.69. The fourth-order valence-corrected chi connectivity index (χ4v) is 2.80. The molecule has 0 radical (unpaired) electrons. The van der Waals surface area contributed by atoms with Crippen LogP contribution in [0.25, 0.3) is 11.3 Å². The van der Waals surface area contributed by atoms with Gasteiger partial charge < -0.3 is 9.84 Å². The molecule has 0 aliphatic heterocycles. The molecule has 0 unspecified atom stereocenters. The molecule has 0 amide bonds. The van der Waals surface area contributed by atoms with Crippen LogP contribution in [0.1, 0.15) is 15.9 Å². The minimum Gasteiger partial charge on any atom is -0.457 e. The highest BCUT2D eigenvalue weighted by Crippen LogP contribution is 2.25. The summed E-state index contributed by atoms with van der Waals surface area (Å²) in [7, 11) is 0. The van der Waals surface area contributed by atoms with E-state index in [4.69, 9.17) is 16.3 Å². The fraction of sp³-hybridized carbons (Fsp3) is 0.158. The van der Waals surface area contributed by atoms with E-state index in [0.29, 0.717) is 5.69 Å². The van der Waals surface area contributed by atoms with Crippen LogP contribution in [0.4, 0.5) is 4.39 Å². The van der Waals surface area contributed by atoms with Gasteiger partial charge in [-0.15, -0.1) is 0 Å². The molecule has 5 nitrogen and oxygen atoms in total. The molecule has 134 valence electrons. The van der Waals surface area contributed by atoms with E-state index < -0.39 is 11.8 Å². The number of benzene rings is 2. The van der Waals surface area contributed by atoms with Crippen molar-refractivity contribution in [3.05, 3.63) is 76.7 Å². The SMILES string of the molecule is O=C(OCc1c(F)cccc1Cl)c1cnn(CCO)c1-c1ccccc1. The van der Waals surface area contributed by atoms with Gasteiger partial charge in [0.05, 0.1) is 30.1 Å². The number of aliphatic hydroxyl groups is 1. The van der Waals surface area contributed by atoms with Crippen molar-refractivity contribution in [2.45, 2.75) is 13.2 Å². The van der Waals surface area contributed by atoms with Gasteiger partial charge in [-0.05, 0) is 12.1 Å². The van der Waals surface area contributed by atoms with Crippen molar-refractivity contribution in [1.29, 1.82) is 0 Å². The number of nitrogens with zero attached hydrogens (tertiary/aromatic N) is 2. The smallest absolute Gasteiger partial charge is 0.342 e. The Bertz CT molecular complexity index is 892. The number of halogens is 2. The molecule has 0 bridgehead atoms. The second kappa shape index (κ2) is 8.12. The average Bonchev–Trinajstić information content (AvgIpc) is 3.06. The number of aromatic nitrogens is 2. The van der Waals surface area contributed by atoms with Gasteiger partial charge >= 0.3 is 5.97 Å². The van der Waals surface area contributed by atoms with Gasteiger partial charge in [0.2, 0.25) is 0 Å². The molecular weight excluding hydrogens is 359 g/mol. The van der Waals surface area contributed by atoms with Gasteiger partial charge in [0.25, 0.3) is 0 Å². The molecule has 3 aromatic rings. The topological polar surface area (TPSA) is 64.3 Å². The summed E-state index contributed by atoms with van der Waals surface area (Å²) in [5, 5.41) is 13.6. The largest absolute Gasteiger partial charge is 0.457 e. The zero-order chi connectivity index (χ0) is 18.5. The predicted molar refractivity (Wildman–Crippen MR) is 95.3 cm³/mol. The van der Waals surface area contributed by atoms with E-state index in [9.17, 15) is 14.3 Å². The summed E-state index contributed by atoms with van der Waals surface area (Å²) in [6, 6.07) is 13.4. The molecule has 26 heavy (non-hydrogen) atoms. The first kappa shape index (κ1) is 18.1. The Morgan fingerprint density at radius 3 is 2.65 bits per heavy atom. The number of carbonyl (C=O) groups excluding carboxylic acids is 1. The number of aliphatic hydroxyl groups excluding tert-OH is 1. The van der Waals surface area contributed by atoms with Crippen LogP contribution in [0.5, 0.6) is 0 Å². The molecule has 0 aliphatic carbocycles. The van der Waals surface area contributed by atoms with Crippen molar-refractivity contribution >= 4 is 17.6 Å². The van der Waals surface area contributed by atoms with E-state index in [1.165, 1.54) is 29.1 Å². The summed E-state index contributed by atoms with van der Waals surface area (Å²) in [6.45, 7) is -0.179. The summed E-state index contributed by atoms with van der Waals surface area (Å²) in [5.74, 6) is -1.18. The maximum absolute atomic E-state index is 13.8. The van der Waals surface area contributed by atoms with Crippen LogP contribution in [0.3, 0.4) is 0 Å². The number of esters is 1. The zero-order valence-corrected chi connectivity index (χ0v) is 14.5. The lowest BCUT2D eigenvalue weighted by atomic mass is 10.1. The third-order valence-electron chi connectivity index (χ3n) is 3.83. The van der Waals surface area contributed by atoms with Gasteiger partial charge in [0.15, 0.2) is 0 Å². The normalized spacial score (nSPS) is 10.7. The summed E-state index contributed by atoms with van der Waals surface area (Å²) in [4.78, 5) is 12.5. The van der Waals surface area contributed by atoms with Gasteiger partial charge in [0.1, 0.15) is 18.0 Å². The third-order valence-corrected chi connectivity index (χ3v) is 4.18. The van der Waals surface area contributed by atoms with Crippen LogP contribution >= 0.6 is 11.6 Å². The Kier molecular flexibility index (Phi) is 5.65. The summed E-state index contributed by atoms with van der Waals surface area (Å²) >= 11 is 5.96. The number of rotatable bonds is 6. The van der Waals surface area contributed by atoms with Gasteiger partial charge in [0, 0.05) is 11.1 Å². The van der Waals surface area contributed by atoms with Crippen LogP contribution in [0, 0.1) is 5.82 Å². The molecule has 3 rings (SSSR count). The quantitative estimate of drug-likeness (QED) is 0.668. The Balaban J connectivity index is 1.88. The second-order valence-corrected chi connectivity index (χ2v) is 5.90. The summed E-state index contributed by atoms with van der Waals surface area (Å²) in [6.07, 6.45) is 1.38. The Morgan fingerprint density at radius 2 is 1.96 bits per heavy atom. The highest BCUT2D eigenvalue weighted by Gasteiger charge is 2.21. The van der Waals surface area contributed by atoms with E-state index >= 15 is 0 Å². The number of ether oxygens (including phenoxy) is 1. The van der Waals surface area contributed by atoms with Gasteiger partial charge in [-0.2, -0.15) is 5.10 Å². The summed E-state index contributed by atoms with van der Waals surface area (Å²) in [5.41, 5.74) is 1.64. The average molecular weight is 375 g/mol. The van der Waals surface area contributed by atoms with Crippen LogP contribution in [-0.2, 0) is 17.9 Å². The van der Waals surface area contributed by atoms with E-state index in [-0.39, 0.29) is 35.9 Å².